The number of nitrogens with two attached hydrogens (primary N) is 2. The first-order valence-electron chi connectivity index (χ1n) is 6.34. The third kappa shape index (κ3) is 11.9. The Labute approximate surface area is 88.8 Å². The lowest BCUT2D eigenvalue weighted by Crippen LogP contribution is -2.86. The monoisotopic (exact) mass is 204 g/mol. The zero-order valence-corrected chi connectivity index (χ0v) is 9.93. The smallest absolute Gasteiger partial charge is 0.0809 e. The molecule has 0 aliphatic heterocycles. The summed E-state index contributed by atoms with van der Waals surface area (Å²) in [5.41, 5.74) is 3.84. The summed E-state index contributed by atoms with van der Waals surface area (Å²) in [4.78, 5) is 0. The average molecular weight is 204 g/mol. The van der Waals surface area contributed by atoms with E-state index < -0.39 is 0 Å². The van der Waals surface area contributed by atoms with Crippen LogP contribution in [0.25, 0.3) is 0 Å². The highest BCUT2D eigenvalue weighted by molar-refractivity contribution is 4.34. The van der Waals surface area contributed by atoms with Gasteiger partial charge in [-0.3, -0.25) is 0 Å². The van der Waals surface area contributed by atoms with Crippen LogP contribution in [0.5, 0.6) is 0 Å². The molecule has 0 unspecified atom stereocenters. The molecular weight excluding hydrogens is 174 g/mol. The Hall–Kier alpha value is -0.120. The third-order valence-electron chi connectivity index (χ3n) is 2.49. The molecule has 0 bridgehead atoms. The Balaban J connectivity index is 2.78. The lowest BCUT2D eigenvalue weighted by atomic mass is 10.3. The van der Waals surface area contributed by atoms with E-state index in [1.54, 1.807) is 0 Å². The second kappa shape index (κ2) is 12.9. The first-order valence-corrected chi connectivity index (χ1v) is 6.34. The van der Waals surface area contributed by atoms with Crippen molar-refractivity contribution >= 4 is 0 Å². The van der Waals surface area contributed by atoms with Crippen molar-refractivity contribution in [2.24, 2.45) is 0 Å². The molecule has 0 rings (SSSR count). The standard InChI is InChI=1S/C11H27N3/c1-2-3-8-13-9-4-5-10-14-11-6-7-12/h13-14H,2-12H2,1H3/p+3. The zero-order chi connectivity index (χ0) is 10.5. The van der Waals surface area contributed by atoms with Gasteiger partial charge in [0.2, 0.25) is 0 Å². The third-order valence-corrected chi connectivity index (χ3v) is 2.49. The van der Waals surface area contributed by atoms with Crippen LogP contribution in [0.2, 0.25) is 0 Å². The van der Waals surface area contributed by atoms with Gasteiger partial charge in [0.05, 0.1) is 32.7 Å². The normalized spacial score (nSPS) is 10.7. The number of unbranched alkanes of at least 4 members (excludes halogenated alkanes) is 2. The summed E-state index contributed by atoms with van der Waals surface area (Å²) in [6, 6.07) is 0. The van der Waals surface area contributed by atoms with Gasteiger partial charge in [0.15, 0.2) is 0 Å². The number of rotatable bonds is 11. The fourth-order valence-electron chi connectivity index (χ4n) is 1.50. The minimum Gasteiger partial charge on any atom is -0.357 e. The number of hydrogen-bond acceptors (Lipinski definition) is 0. The molecule has 14 heavy (non-hydrogen) atoms. The van der Waals surface area contributed by atoms with Crippen molar-refractivity contribution in [3.05, 3.63) is 0 Å². The summed E-state index contributed by atoms with van der Waals surface area (Å²) >= 11 is 0. The quantitative estimate of drug-likeness (QED) is 0.337. The lowest BCUT2D eigenvalue weighted by Gasteiger charge is -2.01. The largest absolute Gasteiger partial charge is 0.357 e. The molecule has 86 valence electrons. The zero-order valence-electron chi connectivity index (χ0n) is 9.93. The molecule has 0 fully saturated rings. The van der Waals surface area contributed by atoms with Crippen LogP contribution in [0.1, 0.15) is 39.0 Å². The van der Waals surface area contributed by atoms with Crippen molar-refractivity contribution in [2.45, 2.75) is 39.0 Å². The van der Waals surface area contributed by atoms with E-state index in [1.807, 2.05) is 0 Å². The molecular formula is C11H30N3+3. The van der Waals surface area contributed by atoms with E-state index >= 15 is 0 Å². The van der Waals surface area contributed by atoms with Crippen molar-refractivity contribution in [1.82, 2.24) is 0 Å². The second-order valence-corrected chi connectivity index (χ2v) is 4.00. The van der Waals surface area contributed by atoms with E-state index in [4.69, 9.17) is 0 Å². The highest BCUT2D eigenvalue weighted by Crippen LogP contribution is 1.80. The molecule has 0 amide bonds. The van der Waals surface area contributed by atoms with Crippen LogP contribution >= 0.6 is 0 Å². The van der Waals surface area contributed by atoms with E-state index in [-0.39, 0.29) is 0 Å². The molecule has 3 nitrogen and oxygen atoms in total. The van der Waals surface area contributed by atoms with Gasteiger partial charge in [-0.05, 0) is 6.42 Å². The van der Waals surface area contributed by atoms with E-state index in [9.17, 15) is 0 Å². The molecule has 0 heterocycles. The molecule has 0 aliphatic carbocycles. The van der Waals surface area contributed by atoms with Crippen LogP contribution in [0, 0.1) is 0 Å². The van der Waals surface area contributed by atoms with Gasteiger partial charge >= 0.3 is 0 Å². The van der Waals surface area contributed by atoms with Crippen LogP contribution in [-0.2, 0) is 0 Å². The maximum absolute atomic E-state index is 3.84. The van der Waals surface area contributed by atoms with Crippen molar-refractivity contribution in [3.63, 3.8) is 0 Å². The van der Waals surface area contributed by atoms with Gasteiger partial charge in [-0.2, -0.15) is 0 Å². The molecule has 0 atom stereocenters. The Morgan fingerprint density at radius 1 is 0.786 bits per heavy atom. The Morgan fingerprint density at radius 3 is 1.79 bits per heavy atom. The van der Waals surface area contributed by atoms with Crippen LogP contribution in [-0.4, -0.2) is 32.7 Å². The van der Waals surface area contributed by atoms with Crippen LogP contribution in [0.15, 0.2) is 0 Å². The minimum atomic E-state index is 1.08. The molecule has 0 aromatic carbocycles. The maximum Gasteiger partial charge on any atom is 0.0809 e. The molecule has 0 radical (unpaired) electrons. The molecule has 0 aromatic rings. The SMILES string of the molecule is CCCC[NH2+]CCCC[NH2+]CCC[NH3+]. The van der Waals surface area contributed by atoms with Gasteiger partial charge in [0.25, 0.3) is 0 Å². The van der Waals surface area contributed by atoms with E-state index in [2.05, 4.69) is 23.3 Å². The van der Waals surface area contributed by atoms with Crippen LogP contribution in [0.4, 0.5) is 0 Å². The first-order chi connectivity index (χ1) is 6.91. The summed E-state index contributed by atoms with van der Waals surface area (Å²) in [5.74, 6) is 0. The molecule has 7 N–H and O–H groups in total. The van der Waals surface area contributed by atoms with Gasteiger partial charge in [-0.15, -0.1) is 0 Å². The van der Waals surface area contributed by atoms with Gasteiger partial charge < -0.3 is 16.4 Å². The van der Waals surface area contributed by atoms with E-state index in [1.165, 1.54) is 58.3 Å². The minimum absolute atomic E-state index is 1.08. The van der Waals surface area contributed by atoms with Crippen molar-refractivity contribution < 1.29 is 16.4 Å². The average Bonchev–Trinajstić information content (AvgIpc) is 2.21. The predicted octanol–water partition coefficient (Wildman–Crippen LogP) is -1.67. The highest BCUT2D eigenvalue weighted by Gasteiger charge is 1.94. The second-order valence-electron chi connectivity index (χ2n) is 4.00. The van der Waals surface area contributed by atoms with Gasteiger partial charge in [0.1, 0.15) is 0 Å². The predicted molar refractivity (Wildman–Crippen MR) is 59.8 cm³/mol. The number of quaternary nitrogens is 3. The van der Waals surface area contributed by atoms with Crippen molar-refractivity contribution in [3.8, 4) is 0 Å². The van der Waals surface area contributed by atoms with E-state index in [0.717, 1.165) is 6.54 Å². The Morgan fingerprint density at radius 2 is 1.29 bits per heavy atom. The summed E-state index contributed by atoms with van der Waals surface area (Å²) in [6.07, 6.45) is 6.72. The molecule has 0 saturated heterocycles. The maximum atomic E-state index is 3.84. The van der Waals surface area contributed by atoms with E-state index in [0.29, 0.717) is 0 Å². The van der Waals surface area contributed by atoms with Gasteiger partial charge in [-0.25, -0.2) is 0 Å². The van der Waals surface area contributed by atoms with Crippen molar-refractivity contribution in [1.29, 1.82) is 0 Å². The molecule has 3 heteroatoms. The van der Waals surface area contributed by atoms with Gasteiger partial charge in [0, 0.05) is 19.3 Å². The Kier molecular flexibility index (Phi) is 12.8. The topological polar surface area (TPSA) is 60.9 Å². The van der Waals surface area contributed by atoms with Crippen LogP contribution < -0.4 is 16.4 Å². The molecule has 0 saturated carbocycles. The Bertz CT molecular complexity index is 84.5. The summed E-state index contributed by atoms with van der Waals surface area (Å²) in [6.45, 7) is 8.56. The highest BCUT2D eigenvalue weighted by atomic mass is 14.9. The van der Waals surface area contributed by atoms with Gasteiger partial charge in [-0.1, -0.05) is 13.3 Å². The lowest BCUT2D eigenvalue weighted by molar-refractivity contribution is -0.666. The summed E-state index contributed by atoms with van der Waals surface area (Å²) in [7, 11) is 0. The fraction of sp³-hybridized carbons (Fsp3) is 1.00. The van der Waals surface area contributed by atoms with Crippen molar-refractivity contribution in [2.75, 3.05) is 32.7 Å². The molecule has 0 aromatic heterocycles. The number of hydrogen-bond donors (Lipinski definition) is 3. The summed E-state index contributed by atoms with van der Waals surface area (Å²) < 4.78 is 0. The fourth-order valence-corrected chi connectivity index (χ4v) is 1.50. The molecule has 0 spiro atoms. The summed E-state index contributed by atoms with van der Waals surface area (Å²) in [5, 5.41) is 4.89. The molecule has 0 aliphatic rings. The van der Waals surface area contributed by atoms with Crippen LogP contribution in [0.3, 0.4) is 0 Å². The first kappa shape index (κ1) is 13.9.